The van der Waals surface area contributed by atoms with Crippen molar-refractivity contribution in [2.24, 2.45) is 0 Å². The lowest BCUT2D eigenvalue weighted by atomic mass is 9.91. The van der Waals surface area contributed by atoms with Crippen LogP contribution in [0.15, 0.2) is 18.2 Å². The zero-order valence-electron chi connectivity index (χ0n) is 10.5. The Labute approximate surface area is 115 Å². The largest absolute Gasteiger partial charge is 0.335 e. The first kappa shape index (κ1) is 13.5. The molecular formula is C14H17BrFNO. The maximum absolute atomic E-state index is 14.0. The van der Waals surface area contributed by atoms with Crippen LogP contribution in [-0.2, 0) is 0 Å². The van der Waals surface area contributed by atoms with Gasteiger partial charge in [-0.05, 0) is 37.8 Å². The van der Waals surface area contributed by atoms with Gasteiger partial charge in [0.1, 0.15) is 5.82 Å². The minimum Gasteiger partial charge on any atom is -0.335 e. The van der Waals surface area contributed by atoms with Crippen molar-refractivity contribution < 1.29 is 9.18 Å². The van der Waals surface area contributed by atoms with Gasteiger partial charge in [0.2, 0.25) is 0 Å². The number of alkyl halides is 1. The van der Waals surface area contributed by atoms with Crippen molar-refractivity contribution in [2.75, 3.05) is 11.9 Å². The average Bonchev–Trinajstić information content (AvgIpc) is 2.29. The van der Waals surface area contributed by atoms with Crippen molar-refractivity contribution in [1.29, 1.82) is 0 Å². The van der Waals surface area contributed by atoms with Gasteiger partial charge in [-0.3, -0.25) is 4.79 Å². The summed E-state index contributed by atoms with van der Waals surface area (Å²) in [4.78, 5) is 14.2. The van der Waals surface area contributed by atoms with Crippen LogP contribution < -0.4 is 0 Å². The van der Waals surface area contributed by atoms with Gasteiger partial charge in [0, 0.05) is 17.9 Å². The summed E-state index contributed by atoms with van der Waals surface area (Å²) in [7, 11) is 0. The lowest BCUT2D eigenvalue weighted by molar-refractivity contribution is 0.0594. The minimum atomic E-state index is -0.388. The Hall–Kier alpha value is -0.900. The number of carbonyl (C=O) groups excluding carboxylic acids is 1. The molecule has 0 heterocycles. The predicted molar refractivity (Wildman–Crippen MR) is 73.6 cm³/mol. The molecule has 0 N–H and O–H groups in total. The molecule has 0 aliphatic heterocycles. The molecule has 4 heteroatoms. The quantitative estimate of drug-likeness (QED) is 0.779. The standard InChI is InChI=1S/C14H17BrFNO/c1-10-4-2-7-12(13(10)16)14(18)17(9-8-15)11-5-3-6-11/h2,4,7,11H,3,5-6,8-9H2,1H3. The van der Waals surface area contributed by atoms with Crippen molar-refractivity contribution >= 4 is 21.8 Å². The second-order valence-electron chi connectivity index (χ2n) is 4.71. The van der Waals surface area contributed by atoms with Crippen molar-refractivity contribution in [2.45, 2.75) is 32.2 Å². The first-order valence-corrected chi connectivity index (χ1v) is 7.39. The molecule has 1 saturated carbocycles. The van der Waals surface area contributed by atoms with Gasteiger partial charge in [0.25, 0.3) is 5.91 Å². The number of benzene rings is 1. The van der Waals surface area contributed by atoms with Crippen LogP contribution in [0, 0.1) is 12.7 Å². The van der Waals surface area contributed by atoms with E-state index in [1.165, 1.54) is 0 Å². The van der Waals surface area contributed by atoms with Crippen LogP contribution in [0.4, 0.5) is 4.39 Å². The fourth-order valence-electron chi connectivity index (χ4n) is 2.21. The number of aryl methyl sites for hydroxylation is 1. The number of nitrogens with zero attached hydrogens (tertiary/aromatic N) is 1. The summed E-state index contributed by atoms with van der Waals surface area (Å²) in [6.07, 6.45) is 3.23. The number of hydrogen-bond acceptors (Lipinski definition) is 1. The first-order valence-electron chi connectivity index (χ1n) is 6.27. The van der Waals surface area contributed by atoms with E-state index in [1.54, 1.807) is 30.0 Å². The zero-order valence-corrected chi connectivity index (χ0v) is 12.0. The summed E-state index contributed by atoms with van der Waals surface area (Å²) >= 11 is 3.36. The number of hydrogen-bond donors (Lipinski definition) is 0. The summed E-state index contributed by atoms with van der Waals surface area (Å²) in [6, 6.07) is 5.28. The minimum absolute atomic E-state index is 0.180. The lowest BCUT2D eigenvalue weighted by Crippen LogP contribution is -2.45. The van der Waals surface area contributed by atoms with E-state index in [1.807, 2.05) is 0 Å². The summed E-state index contributed by atoms with van der Waals surface area (Å²) in [5.41, 5.74) is 0.719. The topological polar surface area (TPSA) is 20.3 Å². The third kappa shape index (κ3) is 2.58. The Morgan fingerprint density at radius 2 is 2.22 bits per heavy atom. The summed E-state index contributed by atoms with van der Waals surface area (Å²) in [5, 5.41) is 0.725. The van der Waals surface area contributed by atoms with E-state index in [0.717, 1.165) is 24.6 Å². The molecule has 18 heavy (non-hydrogen) atoms. The molecule has 1 aliphatic carbocycles. The van der Waals surface area contributed by atoms with Crippen LogP contribution in [0.25, 0.3) is 0 Å². The van der Waals surface area contributed by atoms with Crippen LogP contribution in [0.5, 0.6) is 0 Å². The number of halogens is 2. The Balaban J connectivity index is 2.24. The number of carbonyl (C=O) groups is 1. The summed E-state index contributed by atoms with van der Waals surface area (Å²) in [5.74, 6) is -0.568. The van der Waals surface area contributed by atoms with Gasteiger partial charge in [0.15, 0.2) is 0 Å². The molecule has 0 saturated heterocycles. The molecular weight excluding hydrogens is 297 g/mol. The molecule has 1 amide bonds. The molecule has 0 radical (unpaired) electrons. The third-order valence-electron chi connectivity index (χ3n) is 3.52. The smallest absolute Gasteiger partial charge is 0.257 e. The van der Waals surface area contributed by atoms with Crippen molar-refractivity contribution in [1.82, 2.24) is 4.90 Å². The lowest BCUT2D eigenvalue weighted by Gasteiger charge is -2.37. The van der Waals surface area contributed by atoms with Gasteiger partial charge in [-0.1, -0.05) is 28.1 Å². The average molecular weight is 314 g/mol. The summed E-state index contributed by atoms with van der Waals surface area (Å²) < 4.78 is 14.0. The highest BCUT2D eigenvalue weighted by Crippen LogP contribution is 2.27. The Morgan fingerprint density at radius 3 is 2.78 bits per heavy atom. The summed E-state index contributed by atoms with van der Waals surface area (Å²) in [6.45, 7) is 2.32. The number of amides is 1. The van der Waals surface area contributed by atoms with Gasteiger partial charge in [0.05, 0.1) is 5.56 Å². The maximum atomic E-state index is 14.0. The van der Waals surface area contributed by atoms with Crippen LogP contribution >= 0.6 is 15.9 Å². The highest BCUT2D eigenvalue weighted by atomic mass is 79.9. The van der Waals surface area contributed by atoms with Crippen LogP contribution in [-0.4, -0.2) is 28.7 Å². The molecule has 1 fully saturated rings. The molecule has 1 aromatic carbocycles. The first-order chi connectivity index (χ1) is 8.65. The second kappa shape index (κ2) is 5.83. The van der Waals surface area contributed by atoms with Gasteiger partial charge in [-0.15, -0.1) is 0 Å². The van der Waals surface area contributed by atoms with Crippen molar-refractivity contribution in [3.8, 4) is 0 Å². The third-order valence-corrected chi connectivity index (χ3v) is 3.88. The second-order valence-corrected chi connectivity index (χ2v) is 5.50. The molecule has 1 aliphatic rings. The molecule has 2 rings (SSSR count). The molecule has 0 spiro atoms. The molecule has 0 atom stereocenters. The van der Waals surface area contributed by atoms with E-state index in [-0.39, 0.29) is 23.3 Å². The number of rotatable bonds is 4. The van der Waals surface area contributed by atoms with Gasteiger partial charge in [-0.2, -0.15) is 0 Å². The predicted octanol–water partition coefficient (Wildman–Crippen LogP) is 3.52. The van der Waals surface area contributed by atoms with E-state index in [4.69, 9.17) is 0 Å². The Morgan fingerprint density at radius 1 is 1.50 bits per heavy atom. The van der Waals surface area contributed by atoms with Gasteiger partial charge in [-0.25, -0.2) is 4.39 Å². The molecule has 1 aromatic rings. The normalized spacial score (nSPS) is 15.3. The monoisotopic (exact) mass is 313 g/mol. The molecule has 0 bridgehead atoms. The van der Waals surface area contributed by atoms with Crippen molar-refractivity contribution in [3.63, 3.8) is 0 Å². The Bertz CT molecular complexity index is 445. The highest BCUT2D eigenvalue weighted by molar-refractivity contribution is 9.09. The van der Waals surface area contributed by atoms with E-state index in [9.17, 15) is 9.18 Å². The van der Waals surface area contributed by atoms with E-state index >= 15 is 0 Å². The fraction of sp³-hybridized carbons (Fsp3) is 0.500. The van der Waals surface area contributed by atoms with Gasteiger partial charge < -0.3 is 4.90 Å². The molecule has 98 valence electrons. The zero-order chi connectivity index (χ0) is 13.1. The maximum Gasteiger partial charge on any atom is 0.257 e. The molecule has 2 nitrogen and oxygen atoms in total. The SMILES string of the molecule is Cc1cccc(C(=O)N(CCBr)C2CCC2)c1F. The van der Waals surface area contributed by atoms with E-state index < -0.39 is 0 Å². The van der Waals surface area contributed by atoms with Crippen LogP contribution in [0.2, 0.25) is 0 Å². The molecule has 0 aromatic heterocycles. The van der Waals surface area contributed by atoms with Crippen molar-refractivity contribution in [3.05, 3.63) is 35.1 Å². The highest BCUT2D eigenvalue weighted by Gasteiger charge is 2.30. The van der Waals surface area contributed by atoms with E-state index in [0.29, 0.717) is 12.1 Å². The van der Waals surface area contributed by atoms with Gasteiger partial charge >= 0.3 is 0 Å². The Kier molecular flexibility index (Phi) is 4.38. The molecule has 0 unspecified atom stereocenters. The fourth-order valence-corrected chi connectivity index (χ4v) is 2.59. The van der Waals surface area contributed by atoms with Crippen LogP contribution in [0.1, 0.15) is 35.2 Å². The van der Waals surface area contributed by atoms with E-state index in [2.05, 4.69) is 15.9 Å². The van der Waals surface area contributed by atoms with Crippen LogP contribution in [0.3, 0.4) is 0 Å².